The largest absolute Gasteiger partial charge is 0.324 e. The van der Waals surface area contributed by atoms with Gasteiger partial charge in [-0.15, -0.1) is 0 Å². The highest BCUT2D eigenvalue weighted by Gasteiger charge is 2.22. The van der Waals surface area contributed by atoms with Crippen LogP contribution in [0.3, 0.4) is 0 Å². The number of non-ortho nitro benzene ring substituents is 1. The van der Waals surface area contributed by atoms with Crippen molar-refractivity contribution in [3.05, 3.63) is 32.8 Å². The molecule has 0 spiro atoms. The molecule has 0 atom stereocenters. The second kappa shape index (κ2) is 8.40. The predicted octanol–water partition coefficient (Wildman–Crippen LogP) is 3.95. The van der Waals surface area contributed by atoms with E-state index < -0.39 is 4.92 Å². The van der Waals surface area contributed by atoms with E-state index in [-0.39, 0.29) is 11.6 Å². The summed E-state index contributed by atoms with van der Waals surface area (Å²) in [5.41, 5.74) is 0.549. The molecule has 0 radical (unpaired) electrons. The summed E-state index contributed by atoms with van der Waals surface area (Å²) >= 11 is 3.27. The van der Waals surface area contributed by atoms with Crippen LogP contribution in [0.25, 0.3) is 0 Å². The molecule has 0 bridgehead atoms. The van der Waals surface area contributed by atoms with Crippen molar-refractivity contribution >= 4 is 33.2 Å². The van der Waals surface area contributed by atoms with Gasteiger partial charge in [0.15, 0.2) is 0 Å². The molecule has 1 saturated carbocycles. The molecule has 1 aromatic rings. The second-order valence-corrected chi connectivity index (χ2v) is 6.68. The molecular weight excluding hydrogens is 362 g/mol. The molecule has 126 valence electrons. The van der Waals surface area contributed by atoms with Crippen molar-refractivity contribution in [1.82, 2.24) is 4.90 Å². The number of nitro benzene ring substituents is 1. The molecule has 0 unspecified atom stereocenters. The summed E-state index contributed by atoms with van der Waals surface area (Å²) in [7, 11) is 0. The van der Waals surface area contributed by atoms with Gasteiger partial charge in [-0.05, 0) is 41.4 Å². The third kappa shape index (κ3) is 5.00. The minimum Gasteiger partial charge on any atom is -0.324 e. The fourth-order valence-electron chi connectivity index (χ4n) is 3.04. The number of hydrogen-bond acceptors (Lipinski definition) is 4. The summed E-state index contributed by atoms with van der Waals surface area (Å²) in [6, 6.07) is 4.82. The van der Waals surface area contributed by atoms with Crippen molar-refractivity contribution in [2.75, 3.05) is 18.4 Å². The fourth-order valence-corrected chi connectivity index (χ4v) is 3.50. The summed E-state index contributed by atoms with van der Waals surface area (Å²) in [5.74, 6) is -0.0908. The van der Waals surface area contributed by atoms with E-state index in [1.54, 1.807) is 6.07 Å². The molecule has 2 rings (SSSR count). The normalized spacial score (nSPS) is 15.6. The Kier molecular flexibility index (Phi) is 6.53. The quantitative estimate of drug-likeness (QED) is 0.595. The van der Waals surface area contributed by atoms with Crippen LogP contribution >= 0.6 is 15.9 Å². The Balaban J connectivity index is 1.96. The molecule has 1 fully saturated rings. The van der Waals surface area contributed by atoms with Crippen molar-refractivity contribution in [2.45, 2.75) is 45.1 Å². The Morgan fingerprint density at radius 3 is 2.65 bits per heavy atom. The van der Waals surface area contributed by atoms with Crippen LogP contribution in [0, 0.1) is 10.1 Å². The highest BCUT2D eigenvalue weighted by molar-refractivity contribution is 9.10. The van der Waals surface area contributed by atoms with Crippen molar-refractivity contribution < 1.29 is 9.72 Å². The first-order valence-electron chi connectivity index (χ1n) is 7.99. The van der Waals surface area contributed by atoms with Crippen molar-refractivity contribution in [3.8, 4) is 0 Å². The summed E-state index contributed by atoms with van der Waals surface area (Å²) in [5, 5.41) is 13.6. The van der Waals surface area contributed by atoms with E-state index in [0.717, 1.165) is 19.4 Å². The van der Waals surface area contributed by atoms with Gasteiger partial charge in [0, 0.05) is 22.6 Å². The van der Waals surface area contributed by atoms with Crippen LogP contribution in [0.4, 0.5) is 11.4 Å². The monoisotopic (exact) mass is 383 g/mol. The second-order valence-electron chi connectivity index (χ2n) is 5.82. The Bertz CT molecular complexity index is 574. The number of hydrogen-bond donors (Lipinski definition) is 1. The van der Waals surface area contributed by atoms with Crippen molar-refractivity contribution in [1.29, 1.82) is 0 Å². The molecule has 1 amide bonds. The fraction of sp³-hybridized carbons (Fsp3) is 0.562. The number of carbonyl (C=O) groups is 1. The third-order valence-electron chi connectivity index (χ3n) is 4.28. The first-order valence-corrected chi connectivity index (χ1v) is 8.78. The van der Waals surface area contributed by atoms with Gasteiger partial charge in [-0.2, -0.15) is 0 Å². The third-order valence-corrected chi connectivity index (χ3v) is 4.94. The number of carbonyl (C=O) groups excluding carboxylic acids is 1. The molecule has 1 N–H and O–H groups in total. The van der Waals surface area contributed by atoms with Crippen LogP contribution < -0.4 is 5.32 Å². The van der Waals surface area contributed by atoms with Gasteiger partial charge in [0.1, 0.15) is 0 Å². The Morgan fingerprint density at radius 2 is 2.09 bits per heavy atom. The van der Waals surface area contributed by atoms with Gasteiger partial charge in [-0.1, -0.05) is 26.2 Å². The number of nitro groups is 1. The smallest absolute Gasteiger partial charge is 0.270 e. The maximum Gasteiger partial charge on any atom is 0.270 e. The molecule has 7 heteroatoms. The summed E-state index contributed by atoms with van der Waals surface area (Å²) in [6.45, 7) is 3.27. The van der Waals surface area contributed by atoms with E-state index in [9.17, 15) is 14.9 Å². The van der Waals surface area contributed by atoms with Crippen LogP contribution in [0.15, 0.2) is 22.7 Å². The standard InChI is InChI=1S/C16H22BrN3O3/c1-2-19(12-6-4-3-5-7-12)11-16(21)18-15-9-8-13(20(22)23)10-14(15)17/h8-10,12H,2-7,11H2,1H3,(H,18,21). The molecule has 1 aliphatic carbocycles. The lowest BCUT2D eigenvalue weighted by molar-refractivity contribution is -0.384. The van der Waals surface area contributed by atoms with Crippen LogP contribution in [-0.2, 0) is 4.79 Å². The number of amides is 1. The zero-order valence-corrected chi connectivity index (χ0v) is 14.8. The number of likely N-dealkylation sites (N-methyl/N-ethyl adjacent to an activating group) is 1. The zero-order chi connectivity index (χ0) is 16.8. The van der Waals surface area contributed by atoms with Crippen LogP contribution in [0.1, 0.15) is 39.0 Å². The lowest BCUT2D eigenvalue weighted by Gasteiger charge is -2.32. The molecule has 0 heterocycles. The van der Waals surface area contributed by atoms with Crippen LogP contribution in [0.5, 0.6) is 0 Å². The predicted molar refractivity (Wildman–Crippen MR) is 93.5 cm³/mol. The molecule has 23 heavy (non-hydrogen) atoms. The van der Waals surface area contributed by atoms with Crippen LogP contribution in [0.2, 0.25) is 0 Å². The molecule has 1 aliphatic rings. The number of nitrogens with zero attached hydrogens (tertiary/aromatic N) is 2. The van der Waals surface area contributed by atoms with Crippen molar-refractivity contribution in [2.24, 2.45) is 0 Å². The van der Waals surface area contributed by atoms with E-state index in [1.165, 1.54) is 31.4 Å². The number of benzene rings is 1. The number of nitrogens with one attached hydrogen (secondary N) is 1. The Hall–Kier alpha value is -1.47. The molecule has 0 saturated heterocycles. The minimum absolute atomic E-state index is 0.00716. The van der Waals surface area contributed by atoms with E-state index >= 15 is 0 Å². The molecule has 6 nitrogen and oxygen atoms in total. The molecule has 0 aromatic heterocycles. The highest BCUT2D eigenvalue weighted by atomic mass is 79.9. The minimum atomic E-state index is -0.460. The topological polar surface area (TPSA) is 75.5 Å². The van der Waals surface area contributed by atoms with Gasteiger partial charge in [0.05, 0.1) is 17.2 Å². The molecular formula is C16H22BrN3O3. The zero-order valence-electron chi connectivity index (χ0n) is 13.3. The first-order chi connectivity index (χ1) is 11.0. The maximum absolute atomic E-state index is 12.3. The van der Waals surface area contributed by atoms with E-state index in [2.05, 4.69) is 33.1 Å². The van der Waals surface area contributed by atoms with Gasteiger partial charge in [-0.25, -0.2) is 0 Å². The van der Waals surface area contributed by atoms with E-state index in [4.69, 9.17) is 0 Å². The van der Waals surface area contributed by atoms with Gasteiger partial charge in [0.25, 0.3) is 5.69 Å². The average Bonchev–Trinajstić information content (AvgIpc) is 2.55. The summed E-state index contributed by atoms with van der Waals surface area (Å²) in [6.07, 6.45) is 6.06. The highest BCUT2D eigenvalue weighted by Crippen LogP contribution is 2.27. The Morgan fingerprint density at radius 1 is 1.39 bits per heavy atom. The Labute approximate surface area is 144 Å². The average molecular weight is 384 g/mol. The van der Waals surface area contributed by atoms with Gasteiger partial charge in [-0.3, -0.25) is 19.8 Å². The maximum atomic E-state index is 12.3. The van der Waals surface area contributed by atoms with Crippen LogP contribution in [-0.4, -0.2) is 34.9 Å². The van der Waals surface area contributed by atoms with Gasteiger partial charge in [0.2, 0.25) is 5.91 Å². The molecule has 1 aromatic carbocycles. The van der Waals surface area contributed by atoms with Gasteiger partial charge >= 0.3 is 0 Å². The van der Waals surface area contributed by atoms with Gasteiger partial charge < -0.3 is 5.32 Å². The van der Waals surface area contributed by atoms with E-state index in [0.29, 0.717) is 22.7 Å². The lowest BCUT2D eigenvalue weighted by Crippen LogP contribution is -2.41. The summed E-state index contributed by atoms with van der Waals surface area (Å²) in [4.78, 5) is 24.8. The number of anilines is 1. The summed E-state index contributed by atoms with van der Waals surface area (Å²) < 4.78 is 0.515. The SMILES string of the molecule is CCN(CC(=O)Nc1ccc([N+](=O)[O-])cc1Br)C1CCCCC1. The number of halogens is 1. The van der Waals surface area contributed by atoms with E-state index in [1.807, 2.05) is 0 Å². The lowest BCUT2D eigenvalue weighted by atomic mass is 9.94. The number of rotatable bonds is 6. The molecule has 0 aliphatic heterocycles. The first kappa shape index (κ1) is 17.9. The van der Waals surface area contributed by atoms with Crippen molar-refractivity contribution in [3.63, 3.8) is 0 Å².